The number of pyridine rings is 2. The minimum atomic E-state index is -1.17. The van der Waals surface area contributed by atoms with Gasteiger partial charge in [-0.3, -0.25) is 9.78 Å². The zero-order valence-electron chi connectivity index (χ0n) is 8.18. The maximum atomic E-state index is 11.0. The third-order valence-electron chi connectivity index (χ3n) is 2.11. The fourth-order valence-corrected chi connectivity index (χ4v) is 1.41. The topological polar surface area (TPSA) is 83.0 Å². The van der Waals surface area contributed by atoms with E-state index in [0.29, 0.717) is 11.1 Å². The van der Waals surface area contributed by atoms with E-state index >= 15 is 0 Å². The van der Waals surface area contributed by atoms with E-state index < -0.39 is 11.5 Å². The van der Waals surface area contributed by atoms with Crippen molar-refractivity contribution in [2.24, 2.45) is 0 Å². The summed E-state index contributed by atoms with van der Waals surface area (Å²) in [6.45, 7) is 0. The summed E-state index contributed by atoms with van der Waals surface area (Å²) in [6, 6.07) is 6.19. The number of nitrogens with zero attached hydrogens (tertiary/aromatic N) is 1. The Morgan fingerprint density at radius 3 is 2.75 bits per heavy atom. The van der Waals surface area contributed by atoms with Gasteiger partial charge >= 0.3 is 5.97 Å². The Kier molecular flexibility index (Phi) is 2.51. The number of rotatable bonds is 2. The molecule has 5 heteroatoms. The zero-order valence-corrected chi connectivity index (χ0v) is 8.18. The molecule has 2 N–H and O–H groups in total. The first-order valence-electron chi connectivity index (χ1n) is 4.55. The molecule has 0 unspecified atom stereocenters. The molecule has 0 radical (unpaired) electrons. The number of nitrogens with one attached hydrogen (secondary N) is 1. The molecule has 0 saturated heterocycles. The van der Waals surface area contributed by atoms with Crippen molar-refractivity contribution in [3.8, 4) is 11.1 Å². The van der Waals surface area contributed by atoms with Crippen LogP contribution in [-0.2, 0) is 0 Å². The molecule has 0 atom stereocenters. The SMILES string of the molecule is O=C(O)c1[nH]c(=O)ccc1-c1cccnc1. The minimum Gasteiger partial charge on any atom is -0.477 e. The molecule has 0 fully saturated rings. The maximum absolute atomic E-state index is 11.0. The van der Waals surface area contributed by atoms with Crippen LogP contribution in [0.2, 0.25) is 0 Å². The lowest BCUT2D eigenvalue weighted by molar-refractivity contribution is 0.0691. The zero-order chi connectivity index (χ0) is 11.5. The van der Waals surface area contributed by atoms with Crippen LogP contribution in [0.5, 0.6) is 0 Å². The van der Waals surface area contributed by atoms with Crippen LogP contribution in [0, 0.1) is 0 Å². The van der Waals surface area contributed by atoms with E-state index in [1.165, 1.54) is 12.1 Å². The third-order valence-corrected chi connectivity index (χ3v) is 2.11. The summed E-state index contributed by atoms with van der Waals surface area (Å²) in [5.41, 5.74) is 0.530. The number of carboxylic acid groups (broad SMARTS) is 1. The number of H-pyrrole nitrogens is 1. The second kappa shape index (κ2) is 3.98. The van der Waals surface area contributed by atoms with E-state index in [9.17, 15) is 9.59 Å². The molecule has 0 aliphatic rings. The van der Waals surface area contributed by atoms with Crippen molar-refractivity contribution in [1.29, 1.82) is 0 Å². The third kappa shape index (κ3) is 1.83. The average Bonchev–Trinajstić information content (AvgIpc) is 2.30. The van der Waals surface area contributed by atoms with Crippen LogP contribution in [0.15, 0.2) is 41.5 Å². The maximum Gasteiger partial charge on any atom is 0.353 e. The first kappa shape index (κ1) is 10.1. The molecule has 16 heavy (non-hydrogen) atoms. The van der Waals surface area contributed by atoms with Gasteiger partial charge in [-0.25, -0.2) is 4.79 Å². The Balaban J connectivity index is 2.66. The van der Waals surface area contributed by atoms with Crippen LogP contribution in [0.25, 0.3) is 11.1 Å². The predicted octanol–water partition coefficient (Wildman–Crippen LogP) is 1.14. The van der Waals surface area contributed by atoms with Crippen molar-refractivity contribution in [3.05, 3.63) is 52.7 Å². The molecule has 0 aromatic carbocycles. The second-order valence-electron chi connectivity index (χ2n) is 3.16. The number of hydrogen-bond donors (Lipinski definition) is 2. The lowest BCUT2D eigenvalue weighted by atomic mass is 10.1. The number of aromatic nitrogens is 2. The van der Waals surface area contributed by atoms with Gasteiger partial charge in [0.15, 0.2) is 0 Å². The minimum absolute atomic E-state index is 0.125. The van der Waals surface area contributed by atoms with Gasteiger partial charge in [0.05, 0.1) is 0 Å². The van der Waals surface area contributed by atoms with E-state index in [1.807, 2.05) is 0 Å². The average molecular weight is 216 g/mol. The standard InChI is InChI=1S/C11H8N2O3/c14-9-4-3-8(10(13-9)11(15)16)7-2-1-5-12-6-7/h1-6H,(H,13,14)(H,15,16). The quantitative estimate of drug-likeness (QED) is 0.788. The Bertz CT molecular complexity index is 575. The van der Waals surface area contributed by atoms with Crippen LogP contribution in [0.1, 0.15) is 10.5 Å². The van der Waals surface area contributed by atoms with Crippen molar-refractivity contribution in [2.75, 3.05) is 0 Å². The Morgan fingerprint density at radius 1 is 1.31 bits per heavy atom. The molecule has 2 aromatic heterocycles. The molecule has 0 bridgehead atoms. The van der Waals surface area contributed by atoms with Gasteiger partial charge in [0.1, 0.15) is 5.69 Å². The predicted molar refractivity (Wildman–Crippen MR) is 57.3 cm³/mol. The molecule has 2 heterocycles. The highest BCUT2D eigenvalue weighted by atomic mass is 16.4. The largest absolute Gasteiger partial charge is 0.477 e. The van der Waals surface area contributed by atoms with Gasteiger partial charge in [0.25, 0.3) is 0 Å². The highest BCUT2D eigenvalue weighted by molar-refractivity contribution is 5.93. The normalized spacial score (nSPS) is 10.0. The molecule has 0 aliphatic heterocycles. The van der Waals surface area contributed by atoms with Crippen LogP contribution in [0.3, 0.4) is 0 Å². The number of hydrogen-bond acceptors (Lipinski definition) is 3. The fourth-order valence-electron chi connectivity index (χ4n) is 1.41. The summed E-state index contributed by atoms with van der Waals surface area (Å²) in [5, 5.41) is 8.96. The lowest BCUT2D eigenvalue weighted by Gasteiger charge is -2.04. The van der Waals surface area contributed by atoms with Crippen molar-refractivity contribution >= 4 is 5.97 Å². The van der Waals surface area contributed by atoms with E-state index in [2.05, 4.69) is 9.97 Å². The molecule has 2 aromatic rings. The molecule has 2 rings (SSSR count). The van der Waals surface area contributed by atoms with Crippen LogP contribution >= 0.6 is 0 Å². The van der Waals surface area contributed by atoms with Crippen LogP contribution in [-0.4, -0.2) is 21.0 Å². The van der Waals surface area contributed by atoms with Crippen molar-refractivity contribution in [3.63, 3.8) is 0 Å². The first-order valence-corrected chi connectivity index (χ1v) is 4.55. The molecular weight excluding hydrogens is 208 g/mol. The molecule has 0 saturated carbocycles. The summed E-state index contributed by atoms with van der Waals surface area (Å²) < 4.78 is 0. The molecule has 0 aliphatic carbocycles. The monoisotopic (exact) mass is 216 g/mol. The molecule has 80 valence electrons. The van der Waals surface area contributed by atoms with Gasteiger partial charge in [-0.05, 0) is 12.1 Å². The number of aromatic amines is 1. The Hall–Kier alpha value is -2.43. The molecule has 0 amide bonds. The number of aromatic carboxylic acids is 1. The first-order chi connectivity index (χ1) is 7.68. The summed E-state index contributed by atoms with van der Waals surface area (Å²) in [6.07, 6.45) is 3.13. The highest BCUT2D eigenvalue weighted by Gasteiger charge is 2.12. The lowest BCUT2D eigenvalue weighted by Crippen LogP contribution is -2.12. The summed E-state index contributed by atoms with van der Waals surface area (Å²) in [4.78, 5) is 28.2. The summed E-state index contributed by atoms with van der Waals surface area (Å²) >= 11 is 0. The van der Waals surface area contributed by atoms with Crippen LogP contribution < -0.4 is 5.56 Å². The van der Waals surface area contributed by atoms with Gasteiger partial charge in [0, 0.05) is 29.6 Å². The highest BCUT2D eigenvalue weighted by Crippen LogP contribution is 2.19. The van der Waals surface area contributed by atoms with Gasteiger partial charge in [-0.2, -0.15) is 0 Å². The van der Waals surface area contributed by atoms with E-state index in [1.54, 1.807) is 24.5 Å². The van der Waals surface area contributed by atoms with Gasteiger partial charge in [-0.1, -0.05) is 6.07 Å². The Labute approximate surface area is 90.4 Å². The Morgan fingerprint density at radius 2 is 2.12 bits per heavy atom. The van der Waals surface area contributed by atoms with Gasteiger partial charge < -0.3 is 10.1 Å². The molecule has 0 spiro atoms. The van der Waals surface area contributed by atoms with Gasteiger partial charge in [-0.15, -0.1) is 0 Å². The molecule has 5 nitrogen and oxygen atoms in total. The van der Waals surface area contributed by atoms with E-state index in [-0.39, 0.29) is 5.69 Å². The smallest absolute Gasteiger partial charge is 0.353 e. The van der Waals surface area contributed by atoms with E-state index in [0.717, 1.165) is 0 Å². The molecular formula is C11H8N2O3. The fraction of sp³-hybridized carbons (Fsp3) is 0. The van der Waals surface area contributed by atoms with Crippen molar-refractivity contribution in [2.45, 2.75) is 0 Å². The number of carbonyl (C=O) groups is 1. The second-order valence-corrected chi connectivity index (χ2v) is 3.16. The van der Waals surface area contributed by atoms with Crippen LogP contribution in [0.4, 0.5) is 0 Å². The van der Waals surface area contributed by atoms with E-state index in [4.69, 9.17) is 5.11 Å². The van der Waals surface area contributed by atoms with Gasteiger partial charge in [0.2, 0.25) is 5.56 Å². The summed E-state index contributed by atoms with van der Waals surface area (Å²) in [7, 11) is 0. The van der Waals surface area contributed by atoms with Crippen molar-refractivity contribution < 1.29 is 9.90 Å². The van der Waals surface area contributed by atoms with Crippen molar-refractivity contribution in [1.82, 2.24) is 9.97 Å². The number of carboxylic acids is 1. The summed E-state index contributed by atoms with van der Waals surface area (Å²) in [5.74, 6) is -1.17.